The van der Waals surface area contributed by atoms with Crippen LogP contribution in [0.4, 0.5) is 0 Å². The molecular weight excluding hydrogens is 202 g/mol. The van der Waals surface area contributed by atoms with Crippen molar-refractivity contribution in [3.05, 3.63) is 47.8 Å². The van der Waals surface area contributed by atoms with Gasteiger partial charge in [0.15, 0.2) is 5.82 Å². The molecule has 0 atom stereocenters. The number of nitrogens with zero attached hydrogens (tertiary/aromatic N) is 3. The van der Waals surface area contributed by atoms with Crippen molar-refractivity contribution in [1.29, 1.82) is 5.26 Å². The molecule has 1 N–H and O–H groups in total. The highest BCUT2D eigenvalue weighted by Crippen LogP contribution is 2.15. The normalized spacial score (nSPS) is 9.75. The van der Waals surface area contributed by atoms with Crippen molar-refractivity contribution in [2.24, 2.45) is 0 Å². The van der Waals surface area contributed by atoms with E-state index < -0.39 is 0 Å². The molecule has 0 saturated heterocycles. The molecule has 1 aromatic carbocycles. The van der Waals surface area contributed by atoms with Crippen LogP contribution in [0.25, 0.3) is 11.4 Å². The summed E-state index contributed by atoms with van der Waals surface area (Å²) in [7, 11) is 0. The molecule has 2 aromatic rings. The topological polar surface area (TPSA) is 69.8 Å². The van der Waals surface area contributed by atoms with Crippen molar-refractivity contribution >= 4 is 0 Å². The molecule has 0 aliphatic carbocycles. The van der Waals surface area contributed by atoms with E-state index in [9.17, 15) is 0 Å². The van der Waals surface area contributed by atoms with Crippen molar-refractivity contribution in [3.63, 3.8) is 0 Å². The highest BCUT2D eigenvalue weighted by Gasteiger charge is 2.02. The number of nitriles is 1. The van der Waals surface area contributed by atoms with Gasteiger partial charge in [-0.2, -0.15) is 5.26 Å². The van der Waals surface area contributed by atoms with E-state index >= 15 is 0 Å². The molecular formula is C12H9N3O. The summed E-state index contributed by atoms with van der Waals surface area (Å²) in [5.74, 6) is 0.517. The highest BCUT2D eigenvalue weighted by molar-refractivity contribution is 5.57. The third kappa shape index (κ3) is 2.05. The first-order valence-corrected chi connectivity index (χ1v) is 4.77. The molecule has 2 rings (SSSR count). The number of hydrogen-bond donors (Lipinski definition) is 1. The lowest BCUT2D eigenvalue weighted by Crippen LogP contribution is -1.94. The minimum atomic E-state index is -0.118. The summed E-state index contributed by atoms with van der Waals surface area (Å²) >= 11 is 0. The van der Waals surface area contributed by atoms with Gasteiger partial charge in [0.25, 0.3) is 0 Å². The van der Waals surface area contributed by atoms with Crippen molar-refractivity contribution in [1.82, 2.24) is 9.97 Å². The number of aliphatic hydroxyl groups is 1. The molecule has 0 spiro atoms. The summed E-state index contributed by atoms with van der Waals surface area (Å²) < 4.78 is 0. The molecule has 0 fully saturated rings. The predicted octanol–water partition coefficient (Wildman–Crippen LogP) is 1.51. The molecule has 0 saturated carbocycles. The van der Waals surface area contributed by atoms with E-state index in [0.29, 0.717) is 17.1 Å². The van der Waals surface area contributed by atoms with Crippen molar-refractivity contribution in [3.8, 4) is 17.5 Å². The van der Waals surface area contributed by atoms with E-state index in [4.69, 9.17) is 10.4 Å². The van der Waals surface area contributed by atoms with Crippen LogP contribution in [0.2, 0.25) is 0 Å². The van der Waals surface area contributed by atoms with Crippen LogP contribution < -0.4 is 0 Å². The molecule has 0 bridgehead atoms. The lowest BCUT2D eigenvalue weighted by molar-refractivity contribution is 0.277. The van der Waals surface area contributed by atoms with Crippen LogP contribution >= 0.6 is 0 Å². The summed E-state index contributed by atoms with van der Waals surface area (Å²) in [6.45, 7) is -0.118. The second kappa shape index (κ2) is 4.51. The fourth-order valence-electron chi connectivity index (χ4n) is 1.35. The van der Waals surface area contributed by atoms with E-state index in [1.165, 1.54) is 0 Å². The first kappa shape index (κ1) is 10.3. The molecule has 0 radical (unpaired) electrons. The predicted molar refractivity (Wildman–Crippen MR) is 58.1 cm³/mol. The first-order chi connectivity index (χ1) is 7.83. The number of benzene rings is 1. The standard InChI is InChI=1S/C12H9N3O/c13-7-9-2-1-3-10(6-9)12-14-5-4-11(8-16)15-12/h1-6,16H,8H2. The van der Waals surface area contributed by atoms with Crippen LogP contribution in [-0.4, -0.2) is 15.1 Å². The summed E-state index contributed by atoms with van der Waals surface area (Å²) in [5, 5.41) is 17.7. The first-order valence-electron chi connectivity index (χ1n) is 4.77. The Morgan fingerprint density at radius 1 is 1.31 bits per heavy atom. The Morgan fingerprint density at radius 3 is 2.94 bits per heavy atom. The van der Waals surface area contributed by atoms with E-state index in [-0.39, 0.29) is 6.61 Å². The van der Waals surface area contributed by atoms with Crippen molar-refractivity contribution < 1.29 is 5.11 Å². The van der Waals surface area contributed by atoms with Gasteiger partial charge < -0.3 is 5.11 Å². The summed E-state index contributed by atoms with van der Waals surface area (Å²) in [4.78, 5) is 8.27. The fraction of sp³-hybridized carbons (Fsp3) is 0.0833. The van der Waals surface area contributed by atoms with Crippen LogP contribution in [0, 0.1) is 11.3 Å². The summed E-state index contributed by atoms with van der Waals surface area (Å²) in [5.41, 5.74) is 1.90. The molecule has 4 heteroatoms. The molecule has 16 heavy (non-hydrogen) atoms. The van der Waals surface area contributed by atoms with Gasteiger partial charge >= 0.3 is 0 Å². The summed E-state index contributed by atoms with van der Waals surface area (Å²) in [6.07, 6.45) is 1.59. The maximum Gasteiger partial charge on any atom is 0.159 e. The van der Waals surface area contributed by atoms with Gasteiger partial charge in [-0.15, -0.1) is 0 Å². The second-order valence-corrected chi connectivity index (χ2v) is 3.22. The van der Waals surface area contributed by atoms with Crippen LogP contribution in [-0.2, 0) is 6.61 Å². The molecule has 0 unspecified atom stereocenters. The van der Waals surface area contributed by atoms with Gasteiger partial charge in [0.05, 0.1) is 23.9 Å². The van der Waals surface area contributed by atoms with E-state index in [1.54, 1.807) is 30.5 Å². The monoisotopic (exact) mass is 211 g/mol. The SMILES string of the molecule is N#Cc1cccc(-c2nccc(CO)n2)c1. The second-order valence-electron chi connectivity index (χ2n) is 3.22. The molecule has 0 amide bonds. The van der Waals surface area contributed by atoms with Gasteiger partial charge in [0.2, 0.25) is 0 Å². The molecule has 0 aliphatic rings. The fourth-order valence-corrected chi connectivity index (χ4v) is 1.35. The Labute approximate surface area is 92.8 Å². The average molecular weight is 211 g/mol. The zero-order valence-corrected chi connectivity index (χ0v) is 8.46. The van der Waals surface area contributed by atoms with Gasteiger partial charge in [-0.25, -0.2) is 9.97 Å². The Bertz CT molecular complexity index is 546. The maximum atomic E-state index is 8.97. The molecule has 0 aliphatic heterocycles. The summed E-state index contributed by atoms with van der Waals surface area (Å²) in [6, 6.07) is 10.8. The number of aromatic nitrogens is 2. The van der Waals surface area contributed by atoms with Gasteiger partial charge in [-0.1, -0.05) is 12.1 Å². The molecule has 4 nitrogen and oxygen atoms in total. The van der Waals surface area contributed by atoms with Crippen LogP contribution in [0.1, 0.15) is 11.3 Å². The molecule has 1 heterocycles. The average Bonchev–Trinajstić information content (AvgIpc) is 2.39. The third-order valence-corrected chi connectivity index (χ3v) is 2.13. The largest absolute Gasteiger partial charge is 0.390 e. The maximum absolute atomic E-state index is 8.97. The smallest absolute Gasteiger partial charge is 0.159 e. The lowest BCUT2D eigenvalue weighted by Gasteiger charge is -2.01. The van der Waals surface area contributed by atoms with Gasteiger partial charge in [-0.05, 0) is 18.2 Å². The van der Waals surface area contributed by atoms with E-state index in [1.807, 2.05) is 6.07 Å². The zero-order valence-electron chi connectivity index (χ0n) is 8.46. The van der Waals surface area contributed by atoms with E-state index in [2.05, 4.69) is 16.0 Å². The Hall–Kier alpha value is -2.25. The molecule has 1 aromatic heterocycles. The van der Waals surface area contributed by atoms with Crippen LogP contribution in [0.15, 0.2) is 36.5 Å². The van der Waals surface area contributed by atoms with Gasteiger partial charge in [0, 0.05) is 11.8 Å². The Morgan fingerprint density at radius 2 is 2.19 bits per heavy atom. The third-order valence-electron chi connectivity index (χ3n) is 2.13. The number of aliphatic hydroxyl groups excluding tert-OH is 1. The Balaban J connectivity index is 2.46. The lowest BCUT2D eigenvalue weighted by atomic mass is 10.1. The minimum Gasteiger partial charge on any atom is -0.390 e. The number of hydrogen-bond acceptors (Lipinski definition) is 4. The van der Waals surface area contributed by atoms with Crippen LogP contribution in [0.3, 0.4) is 0 Å². The van der Waals surface area contributed by atoms with Crippen LogP contribution in [0.5, 0.6) is 0 Å². The van der Waals surface area contributed by atoms with Gasteiger partial charge in [-0.3, -0.25) is 0 Å². The molecule has 78 valence electrons. The van der Waals surface area contributed by atoms with Crippen molar-refractivity contribution in [2.45, 2.75) is 6.61 Å². The van der Waals surface area contributed by atoms with E-state index in [0.717, 1.165) is 5.56 Å². The highest BCUT2D eigenvalue weighted by atomic mass is 16.3. The van der Waals surface area contributed by atoms with Gasteiger partial charge in [0.1, 0.15) is 0 Å². The number of rotatable bonds is 2. The quantitative estimate of drug-likeness (QED) is 0.817. The minimum absolute atomic E-state index is 0.118. The van der Waals surface area contributed by atoms with Crippen molar-refractivity contribution in [2.75, 3.05) is 0 Å². The Kier molecular flexibility index (Phi) is 2.90. The zero-order chi connectivity index (χ0) is 11.4.